The first kappa shape index (κ1) is 52.7. The number of hydrogen-bond donors (Lipinski definition) is 6. The van der Waals surface area contributed by atoms with Crippen molar-refractivity contribution in [1.29, 1.82) is 0 Å². The number of phenolic OH excluding ortho intramolecular Hbond substituents is 2. The van der Waals surface area contributed by atoms with Crippen LogP contribution in [0.2, 0.25) is 0 Å². The summed E-state index contributed by atoms with van der Waals surface area (Å²) in [7, 11) is -13.9. The fourth-order valence-corrected chi connectivity index (χ4v) is 9.17. The van der Waals surface area contributed by atoms with Gasteiger partial charge in [-0.1, -0.05) is 18.2 Å². The predicted octanol–water partition coefficient (Wildman–Crippen LogP) is 0.160. The molecular formula is C36H26CuN6Na3O11S4+3. The minimum absolute atomic E-state index is 0. The Morgan fingerprint density at radius 1 is 0.656 bits per heavy atom. The molecule has 0 aliphatic heterocycles. The summed E-state index contributed by atoms with van der Waals surface area (Å²) in [5.41, 5.74) is 1.90. The Balaban J connectivity index is 0.00000248. The van der Waals surface area contributed by atoms with Crippen LogP contribution < -0.4 is 94.0 Å². The summed E-state index contributed by atoms with van der Waals surface area (Å²) in [4.78, 5) is 3.19. The molecule has 0 fully saturated rings. The molecule has 0 spiro atoms. The van der Waals surface area contributed by atoms with Gasteiger partial charge in [0.2, 0.25) is 0 Å². The first-order valence-corrected chi connectivity index (χ1v) is 21.3. The summed E-state index contributed by atoms with van der Waals surface area (Å²) >= 11 is 1.11. The number of aryl methyl sites for hydroxylation is 1. The molecule has 0 aliphatic rings. The van der Waals surface area contributed by atoms with Crippen LogP contribution in [0.3, 0.4) is 0 Å². The van der Waals surface area contributed by atoms with Gasteiger partial charge in [0.15, 0.2) is 5.75 Å². The first-order chi connectivity index (χ1) is 26.8. The van der Waals surface area contributed by atoms with Gasteiger partial charge in [-0.25, -0.2) is 4.98 Å². The van der Waals surface area contributed by atoms with Gasteiger partial charge in [0, 0.05) is 45.5 Å². The van der Waals surface area contributed by atoms with Gasteiger partial charge in [0.05, 0.1) is 26.5 Å². The third kappa shape index (κ3) is 12.1. The van der Waals surface area contributed by atoms with E-state index in [1.807, 2.05) is 0 Å². The van der Waals surface area contributed by atoms with E-state index in [9.17, 15) is 49.1 Å². The molecule has 0 unspecified atom stereocenters. The number of aromatic nitrogens is 1. The number of fused-ring (bicyclic) bond motifs is 2. The number of aromatic hydroxyl groups is 2. The largest absolute Gasteiger partial charge is 1.00 e. The van der Waals surface area contributed by atoms with E-state index >= 15 is 0 Å². The van der Waals surface area contributed by atoms with E-state index < -0.39 is 52.4 Å². The van der Waals surface area contributed by atoms with Gasteiger partial charge in [-0.2, -0.15) is 35.5 Å². The molecule has 0 saturated carbocycles. The molecule has 0 saturated heterocycles. The third-order valence-electron chi connectivity index (χ3n) is 8.33. The zero-order chi connectivity index (χ0) is 40.9. The van der Waals surface area contributed by atoms with Gasteiger partial charge in [-0.15, -0.1) is 21.6 Å². The van der Waals surface area contributed by atoms with Crippen molar-refractivity contribution in [3.05, 3.63) is 109 Å². The maximum atomic E-state index is 12.3. The van der Waals surface area contributed by atoms with Crippen molar-refractivity contribution in [3.8, 4) is 22.1 Å². The van der Waals surface area contributed by atoms with Gasteiger partial charge in [-0.05, 0) is 96.7 Å². The van der Waals surface area contributed by atoms with Crippen molar-refractivity contribution in [2.24, 2.45) is 20.5 Å². The Bertz CT molecular complexity index is 3190. The molecule has 6 N–H and O–H groups in total. The van der Waals surface area contributed by atoms with Crippen LogP contribution in [0.4, 0.5) is 34.1 Å². The Morgan fingerprint density at radius 2 is 1.31 bits per heavy atom. The van der Waals surface area contributed by atoms with E-state index in [1.54, 1.807) is 43.3 Å². The molecular weight excluding hydrogens is 953 g/mol. The Morgan fingerprint density at radius 3 is 1.95 bits per heavy atom. The van der Waals surface area contributed by atoms with Crippen molar-refractivity contribution >= 4 is 96.8 Å². The molecule has 25 heteroatoms. The molecule has 17 nitrogen and oxygen atoms in total. The van der Waals surface area contributed by atoms with E-state index in [0.29, 0.717) is 37.7 Å². The van der Waals surface area contributed by atoms with E-state index in [1.165, 1.54) is 60.7 Å². The number of nitrogens with one attached hydrogen (secondary N) is 1. The Kier molecular flexibility index (Phi) is 18.0. The van der Waals surface area contributed by atoms with Crippen molar-refractivity contribution in [3.63, 3.8) is 0 Å². The molecule has 0 bridgehead atoms. The number of azo groups is 2. The summed E-state index contributed by atoms with van der Waals surface area (Å²) in [6.07, 6.45) is 0. The van der Waals surface area contributed by atoms with Crippen LogP contribution in [0.25, 0.3) is 31.6 Å². The molecule has 6 aromatic carbocycles. The zero-order valence-electron chi connectivity index (χ0n) is 32.2. The maximum Gasteiger partial charge on any atom is 1.00 e. The SMILES string of the molecule is Cc1ccc2nc(-c3ccc(N=Nc4ccc(N=Nc5c(S(=O)(=O)O)cc6ccc(Nc7cccc(S(=O)(=O)O)c7)cc6c5O)c(O)c4)cc3)sc2c1S(=O)(=O)O.[Cu].[Na+].[Na+].[Na+]. The smallest absolute Gasteiger partial charge is 0.506 e. The van der Waals surface area contributed by atoms with E-state index in [4.69, 9.17) is 0 Å². The van der Waals surface area contributed by atoms with E-state index in [0.717, 1.165) is 17.4 Å². The van der Waals surface area contributed by atoms with Gasteiger partial charge in [-0.3, -0.25) is 13.7 Å². The normalized spacial score (nSPS) is 11.8. The second kappa shape index (κ2) is 20.9. The fraction of sp³-hybridized carbons (Fsp3) is 0.0278. The molecule has 1 heterocycles. The molecule has 7 rings (SSSR count). The minimum atomic E-state index is -4.95. The van der Waals surface area contributed by atoms with Crippen molar-refractivity contribution in [2.75, 3.05) is 5.32 Å². The van der Waals surface area contributed by atoms with Gasteiger partial charge in [0.1, 0.15) is 31.9 Å². The molecule has 301 valence electrons. The molecule has 1 radical (unpaired) electrons. The summed E-state index contributed by atoms with van der Waals surface area (Å²) in [5, 5.41) is 41.6. The molecule has 0 atom stereocenters. The molecule has 0 amide bonds. The summed E-state index contributed by atoms with van der Waals surface area (Å²) in [6.45, 7) is 1.58. The van der Waals surface area contributed by atoms with Crippen LogP contribution >= 0.6 is 11.3 Å². The zero-order valence-corrected chi connectivity index (χ0v) is 42.4. The van der Waals surface area contributed by atoms with Crippen molar-refractivity contribution in [1.82, 2.24) is 4.98 Å². The van der Waals surface area contributed by atoms with Gasteiger partial charge < -0.3 is 15.5 Å². The summed E-state index contributed by atoms with van der Waals surface area (Å²) in [6, 6.07) is 24.6. The number of thiazole rings is 1. The topological polar surface area (TPSA) is 278 Å². The number of rotatable bonds is 10. The van der Waals surface area contributed by atoms with Gasteiger partial charge in [0.25, 0.3) is 30.4 Å². The summed E-state index contributed by atoms with van der Waals surface area (Å²) < 4.78 is 101. The number of phenols is 2. The van der Waals surface area contributed by atoms with Crippen LogP contribution in [0, 0.1) is 6.92 Å². The summed E-state index contributed by atoms with van der Waals surface area (Å²) in [5.74, 6) is -1.12. The van der Waals surface area contributed by atoms with Crippen LogP contribution in [-0.2, 0) is 47.4 Å². The van der Waals surface area contributed by atoms with Crippen molar-refractivity contribution in [2.45, 2.75) is 21.6 Å². The number of hydrogen-bond acceptors (Lipinski definition) is 15. The van der Waals surface area contributed by atoms with Crippen LogP contribution in [0.5, 0.6) is 11.5 Å². The quantitative estimate of drug-likeness (QED) is 0.0607. The number of benzene rings is 6. The molecule has 61 heavy (non-hydrogen) atoms. The molecule has 1 aromatic heterocycles. The van der Waals surface area contributed by atoms with E-state index in [-0.39, 0.29) is 143 Å². The third-order valence-corrected chi connectivity index (χ3v) is 12.4. The van der Waals surface area contributed by atoms with Crippen LogP contribution in [0.1, 0.15) is 5.56 Å². The second-order valence-corrected chi connectivity index (χ2v) is 17.5. The van der Waals surface area contributed by atoms with Crippen LogP contribution in [-0.4, -0.2) is 54.1 Å². The van der Waals surface area contributed by atoms with E-state index in [2.05, 4.69) is 30.8 Å². The monoisotopic (exact) mass is 978 g/mol. The molecule has 0 aliphatic carbocycles. The predicted molar refractivity (Wildman–Crippen MR) is 211 cm³/mol. The Labute approximate surface area is 429 Å². The van der Waals surface area contributed by atoms with Gasteiger partial charge >= 0.3 is 88.7 Å². The average Bonchev–Trinajstić information content (AvgIpc) is 3.57. The Hall–Kier alpha value is -2.68. The number of anilines is 2. The maximum absolute atomic E-state index is 12.3. The average molecular weight is 979 g/mol. The first-order valence-electron chi connectivity index (χ1n) is 16.1. The van der Waals surface area contributed by atoms with Crippen molar-refractivity contribution < 1.29 is 155 Å². The van der Waals surface area contributed by atoms with Crippen LogP contribution in [0.15, 0.2) is 138 Å². The second-order valence-electron chi connectivity index (χ2n) is 12.3. The standard InChI is InChI=1S/C36H26N6O11S4.Cu.3Na/c1-19-5-13-29-34(35(19)57(51,52)53)54-36(38-29)20-6-9-22(10-7-20)39-40-25-12-14-28(30(43)18-25)41-42-32-31(56(48,49)50)15-21-8-11-24(17-27(21)33(32)44)37-23-3-2-4-26(16-23)55(45,46)47;;;;/h2-18,37,43-44H,1H3,(H,45,46,47)(H,48,49,50)(H,51,52,53);;;;/q;;3*+1. The molecule has 7 aromatic rings. The number of nitrogens with zero attached hydrogens (tertiary/aromatic N) is 5. The minimum Gasteiger partial charge on any atom is -0.506 e. The fourth-order valence-electron chi connectivity index (χ4n) is 5.67.